The maximum atomic E-state index is 11.3. The molecule has 0 aromatic carbocycles. The zero-order chi connectivity index (χ0) is 14.3. The van der Waals surface area contributed by atoms with E-state index in [0.717, 1.165) is 0 Å². The molecule has 0 aliphatic carbocycles. The molecule has 2 aromatic rings. The first kappa shape index (κ1) is 12.8. The quantitative estimate of drug-likeness (QED) is 0.613. The van der Waals surface area contributed by atoms with Gasteiger partial charge in [0.05, 0.1) is 24.9 Å². The third kappa shape index (κ3) is 1.89. The van der Waals surface area contributed by atoms with Crippen molar-refractivity contribution in [2.45, 2.75) is 18.6 Å². The normalized spacial score (nSPS) is 22.6. The number of fused-ring (bicyclic) bond motifs is 1. The molecule has 8 nitrogen and oxygen atoms in total. The van der Waals surface area contributed by atoms with Crippen molar-refractivity contribution in [2.75, 3.05) is 18.1 Å². The third-order valence-corrected chi connectivity index (χ3v) is 3.54. The summed E-state index contributed by atoms with van der Waals surface area (Å²) in [4.78, 5) is 16.7. The molecule has 0 amide bonds. The number of nitro groups is 1. The molecule has 8 heteroatoms. The van der Waals surface area contributed by atoms with Crippen molar-refractivity contribution in [2.24, 2.45) is 0 Å². The van der Waals surface area contributed by atoms with Gasteiger partial charge in [0.25, 0.3) is 0 Å². The highest BCUT2D eigenvalue weighted by atomic mass is 16.6. The number of aromatic nitrogens is 2. The molecule has 0 saturated carbocycles. The second-order valence-corrected chi connectivity index (χ2v) is 4.82. The molecule has 0 bridgehead atoms. The van der Waals surface area contributed by atoms with Crippen molar-refractivity contribution < 1.29 is 15.1 Å². The van der Waals surface area contributed by atoms with Crippen LogP contribution in [-0.2, 0) is 0 Å². The summed E-state index contributed by atoms with van der Waals surface area (Å²) in [5.41, 5.74) is 0.465. The van der Waals surface area contributed by atoms with E-state index in [0.29, 0.717) is 12.1 Å². The van der Waals surface area contributed by atoms with E-state index in [2.05, 4.69) is 4.98 Å². The van der Waals surface area contributed by atoms with Gasteiger partial charge in [0.2, 0.25) is 11.5 Å². The molecular formula is C12H14N4O4. The number of aliphatic hydroxyl groups excluding tert-OH is 2. The van der Waals surface area contributed by atoms with Gasteiger partial charge in [0.15, 0.2) is 0 Å². The third-order valence-electron chi connectivity index (χ3n) is 3.54. The first-order valence-electron chi connectivity index (χ1n) is 6.29. The molecule has 3 rings (SSSR count). The number of β-amino-alcohol motifs (C(OH)–C–C–N with tert-alkyl or cyclic N) is 1. The van der Waals surface area contributed by atoms with Crippen LogP contribution < -0.4 is 4.90 Å². The molecule has 1 aliphatic heterocycles. The highest BCUT2D eigenvalue weighted by molar-refractivity contribution is 5.64. The van der Waals surface area contributed by atoms with Crippen LogP contribution in [0.25, 0.3) is 5.65 Å². The van der Waals surface area contributed by atoms with Crippen LogP contribution in [0.2, 0.25) is 0 Å². The fourth-order valence-corrected chi connectivity index (χ4v) is 2.66. The zero-order valence-electron chi connectivity index (χ0n) is 10.6. The van der Waals surface area contributed by atoms with Gasteiger partial charge in [-0.25, -0.2) is 0 Å². The van der Waals surface area contributed by atoms with Gasteiger partial charge in [0.1, 0.15) is 0 Å². The van der Waals surface area contributed by atoms with E-state index in [1.807, 2.05) is 0 Å². The lowest BCUT2D eigenvalue weighted by Crippen LogP contribution is -2.33. The van der Waals surface area contributed by atoms with Crippen molar-refractivity contribution >= 4 is 17.3 Å². The lowest BCUT2D eigenvalue weighted by molar-refractivity contribution is -0.389. The monoisotopic (exact) mass is 278 g/mol. The Balaban J connectivity index is 2.15. The Hall–Kier alpha value is -2.19. The lowest BCUT2D eigenvalue weighted by atomic mass is 10.2. The molecule has 3 heterocycles. The molecule has 0 unspecified atom stereocenters. The number of pyridine rings is 1. The van der Waals surface area contributed by atoms with Crippen molar-refractivity contribution in [3.8, 4) is 0 Å². The fourth-order valence-electron chi connectivity index (χ4n) is 2.66. The van der Waals surface area contributed by atoms with E-state index >= 15 is 0 Å². The van der Waals surface area contributed by atoms with Crippen molar-refractivity contribution in [1.82, 2.24) is 9.38 Å². The number of nitrogens with zero attached hydrogens (tertiary/aromatic N) is 4. The van der Waals surface area contributed by atoms with Crippen LogP contribution in [0.5, 0.6) is 0 Å². The second kappa shape index (κ2) is 4.73. The summed E-state index contributed by atoms with van der Waals surface area (Å²) >= 11 is 0. The molecular weight excluding hydrogens is 264 g/mol. The molecule has 2 aromatic heterocycles. The van der Waals surface area contributed by atoms with Crippen LogP contribution in [0.4, 0.5) is 11.6 Å². The van der Waals surface area contributed by atoms with E-state index in [1.165, 1.54) is 4.40 Å². The molecule has 0 radical (unpaired) electrons. The van der Waals surface area contributed by atoms with Crippen molar-refractivity contribution in [3.63, 3.8) is 0 Å². The average molecular weight is 278 g/mol. The van der Waals surface area contributed by atoms with Crippen molar-refractivity contribution in [3.05, 3.63) is 34.5 Å². The Labute approximate surface area is 114 Å². The van der Waals surface area contributed by atoms with Gasteiger partial charge in [-0.15, -0.1) is 0 Å². The number of imidazole rings is 1. The Morgan fingerprint density at radius 3 is 3.00 bits per heavy atom. The minimum Gasteiger partial charge on any atom is -0.394 e. The van der Waals surface area contributed by atoms with Gasteiger partial charge < -0.3 is 25.2 Å². The molecule has 2 atom stereocenters. The van der Waals surface area contributed by atoms with Crippen LogP contribution >= 0.6 is 0 Å². The first-order valence-corrected chi connectivity index (χ1v) is 6.29. The predicted molar refractivity (Wildman–Crippen MR) is 70.7 cm³/mol. The molecule has 0 spiro atoms. The highest BCUT2D eigenvalue weighted by Crippen LogP contribution is 2.33. The Morgan fingerprint density at radius 2 is 2.30 bits per heavy atom. The molecule has 2 N–H and O–H groups in total. The SMILES string of the molecule is O=[N+]([O-])c1c(N2C[C@@H](O)C[C@H]2CO)nc2ccccn12. The van der Waals surface area contributed by atoms with Crippen LogP contribution in [0.3, 0.4) is 0 Å². The van der Waals surface area contributed by atoms with Crippen LogP contribution in [0, 0.1) is 10.1 Å². The van der Waals surface area contributed by atoms with Crippen LogP contribution in [0.15, 0.2) is 24.4 Å². The summed E-state index contributed by atoms with van der Waals surface area (Å²) in [5, 5.41) is 30.4. The van der Waals surface area contributed by atoms with E-state index in [4.69, 9.17) is 0 Å². The largest absolute Gasteiger partial charge is 0.394 e. The summed E-state index contributed by atoms with van der Waals surface area (Å²) in [5.74, 6) is 0.0463. The number of aliphatic hydroxyl groups is 2. The molecule has 106 valence electrons. The maximum absolute atomic E-state index is 11.3. The van der Waals surface area contributed by atoms with Gasteiger partial charge in [-0.3, -0.25) is 0 Å². The van der Waals surface area contributed by atoms with Crippen molar-refractivity contribution in [1.29, 1.82) is 0 Å². The van der Waals surface area contributed by atoms with E-state index < -0.39 is 11.0 Å². The summed E-state index contributed by atoms with van der Waals surface area (Å²) in [7, 11) is 0. The first-order chi connectivity index (χ1) is 9.61. The number of hydrogen-bond acceptors (Lipinski definition) is 6. The standard InChI is InChI=1S/C12H14N4O4/c17-7-8-5-9(18)6-15(8)11-12(16(19)20)14-4-2-1-3-10(14)13-11/h1-4,8-9,17-18H,5-7H2/t8-,9-/m0/s1. The summed E-state index contributed by atoms with van der Waals surface area (Å²) in [6.45, 7) is 0.0536. The Bertz CT molecular complexity index is 656. The number of rotatable bonds is 3. The predicted octanol–water partition coefficient (Wildman–Crippen LogP) is 0.174. The highest BCUT2D eigenvalue weighted by Gasteiger charge is 2.37. The van der Waals surface area contributed by atoms with Gasteiger partial charge in [-0.2, -0.15) is 9.38 Å². The topological polar surface area (TPSA) is 104 Å². The number of hydrogen-bond donors (Lipinski definition) is 2. The van der Waals surface area contributed by atoms with E-state index in [1.54, 1.807) is 29.3 Å². The summed E-state index contributed by atoms with van der Waals surface area (Å²) in [6.07, 6.45) is 1.34. The summed E-state index contributed by atoms with van der Waals surface area (Å²) < 4.78 is 1.40. The number of anilines is 1. The van der Waals surface area contributed by atoms with E-state index in [9.17, 15) is 20.3 Å². The average Bonchev–Trinajstić information content (AvgIpc) is 2.98. The summed E-state index contributed by atoms with van der Waals surface area (Å²) in [6, 6.07) is 4.76. The smallest absolute Gasteiger partial charge is 0.372 e. The zero-order valence-corrected chi connectivity index (χ0v) is 10.6. The van der Waals surface area contributed by atoms with E-state index in [-0.39, 0.29) is 30.8 Å². The molecule has 1 saturated heterocycles. The minimum atomic E-state index is -0.614. The molecule has 20 heavy (non-hydrogen) atoms. The Kier molecular flexibility index (Phi) is 3.03. The van der Waals surface area contributed by atoms with Gasteiger partial charge in [-0.05, 0) is 17.4 Å². The van der Waals surface area contributed by atoms with Crippen LogP contribution in [-0.4, -0.2) is 49.8 Å². The molecule has 1 fully saturated rings. The van der Waals surface area contributed by atoms with Gasteiger partial charge in [-0.1, -0.05) is 6.07 Å². The second-order valence-electron chi connectivity index (χ2n) is 4.82. The van der Waals surface area contributed by atoms with Crippen LogP contribution in [0.1, 0.15) is 6.42 Å². The molecule has 1 aliphatic rings. The van der Waals surface area contributed by atoms with Gasteiger partial charge in [0, 0.05) is 12.6 Å². The minimum absolute atomic E-state index is 0.145. The van der Waals surface area contributed by atoms with Gasteiger partial charge >= 0.3 is 5.82 Å². The lowest BCUT2D eigenvalue weighted by Gasteiger charge is -2.21. The fraction of sp³-hybridized carbons (Fsp3) is 0.417. The Morgan fingerprint density at radius 1 is 1.50 bits per heavy atom. The maximum Gasteiger partial charge on any atom is 0.372 e.